The quantitative estimate of drug-likeness (QED) is 0.353. The summed E-state index contributed by atoms with van der Waals surface area (Å²) in [5.41, 5.74) is -0.665. The summed E-state index contributed by atoms with van der Waals surface area (Å²) in [4.78, 5) is 34.6. The molecule has 0 spiro atoms. The van der Waals surface area contributed by atoms with Crippen LogP contribution in [0.5, 0.6) is 0 Å². The van der Waals surface area contributed by atoms with Gasteiger partial charge in [0.15, 0.2) is 35.3 Å². The van der Waals surface area contributed by atoms with Crippen molar-refractivity contribution in [2.75, 3.05) is 19.3 Å². The summed E-state index contributed by atoms with van der Waals surface area (Å²) in [5.74, 6) is -4.33. The van der Waals surface area contributed by atoms with Gasteiger partial charge in [-0.2, -0.15) is 0 Å². The Kier molecular flexibility index (Phi) is 5.56. The van der Waals surface area contributed by atoms with Crippen LogP contribution < -0.4 is 0 Å². The monoisotopic (exact) mass is 421 g/mol. The molecule has 1 aliphatic rings. The van der Waals surface area contributed by atoms with Crippen molar-refractivity contribution in [3.05, 3.63) is 39.9 Å². The average Bonchev–Trinajstić information content (AvgIpc) is 2.58. The maximum absolute atomic E-state index is 12.5. The number of hydrogen-bond donors (Lipinski definition) is 0. The lowest BCUT2D eigenvalue weighted by Crippen LogP contribution is -2.55. The molecule has 1 saturated heterocycles. The van der Waals surface area contributed by atoms with Gasteiger partial charge in [0.2, 0.25) is 0 Å². The second-order valence-electron chi connectivity index (χ2n) is 5.71. The van der Waals surface area contributed by atoms with Crippen molar-refractivity contribution in [2.45, 2.75) is 16.4 Å². The van der Waals surface area contributed by atoms with Gasteiger partial charge in [-0.15, -0.1) is 0 Å². The molecule has 0 N–H and O–H groups in total. The predicted molar refractivity (Wildman–Crippen MR) is 90.2 cm³/mol. The number of non-ortho nitro benzene ring substituents is 1. The Hall–Kier alpha value is -2.54. The number of sulfone groups is 2. The van der Waals surface area contributed by atoms with E-state index in [1.165, 1.54) is 12.1 Å². The van der Waals surface area contributed by atoms with E-state index in [-0.39, 0.29) is 5.56 Å². The molecule has 1 heterocycles. The van der Waals surface area contributed by atoms with E-state index in [1.54, 1.807) is 0 Å². The standard InChI is InChI=1S/C14H15NO10S2/c1-24-13(16)11-10(8-4-3-5-9(6-8)15(18)19)12(14(17)25-2)27(22,23)7-26(11,20)21/h3-6,10-12H,7H2,1-2H3/t11-,12-/m0/s1. The number of esters is 2. The lowest BCUT2D eigenvalue weighted by atomic mass is 9.91. The molecule has 0 aliphatic carbocycles. The van der Waals surface area contributed by atoms with Crippen LogP contribution in [0.3, 0.4) is 0 Å². The summed E-state index contributed by atoms with van der Waals surface area (Å²) in [6.07, 6.45) is 0. The molecular weight excluding hydrogens is 406 g/mol. The fourth-order valence-electron chi connectivity index (χ4n) is 3.00. The fourth-order valence-corrected chi connectivity index (χ4v) is 8.40. The number of methoxy groups -OCH3 is 2. The van der Waals surface area contributed by atoms with Crippen LogP contribution in [0.25, 0.3) is 0 Å². The number of nitrogens with zero attached hydrogens (tertiary/aromatic N) is 1. The zero-order chi connectivity index (χ0) is 20.6. The van der Waals surface area contributed by atoms with Crippen LogP contribution in [-0.2, 0) is 38.7 Å². The predicted octanol–water partition coefficient (Wildman–Crippen LogP) is -0.438. The Morgan fingerprint density at radius 3 is 1.93 bits per heavy atom. The summed E-state index contributed by atoms with van der Waals surface area (Å²) in [5, 5.41) is 5.48. The molecule has 11 nitrogen and oxygen atoms in total. The van der Waals surface area contributed by atoms with Crippen LogP contribution >= 0.6 is 0 Å². The Morgan fingerprint density at radius 2 is 1.52 bits per heavy atom. The zero-order valence-corrected chi connectivity index (χ0v) is 15.7. The molecule has 1 aromatic rings. The lowest BCUT2D eigenvalue weighted by molar-refractivity contribution is -0.384. The maximum Gasteiger partial charge on any atom is 0.324 e. The van der Waals surface area contributed by atoms with E-state index in [4.69, 9.17) is 0 Å². The maximum atomic E-state index is 12.5. The topological polar surface area (TPSA) is 164 Å². The van der Waals surface area contributed by atoms with Crippen LogP contribution in [0.2, 0.25) is 0 Å². The first-order valence-electron chi connectivity index (χ1n) is 7.29. The average molecular weight is 421 g/mol. The van der Waals surface area contributed by atoms with E-state index in [2.05, 4.69) is 9.47 Å². The minimum absolute atomic E-state index is 0.193. The minimum atomic E-state index is -4.59. The van der Waals surface area contributed by atoms with Crippen molar-refractivity contribution in [1.82, 2.24) is 0 Å². The van der Waals surface area contributed by atoms with Crippen molar-refractivity contribution in [2.24, 2.45) is 0 Å². The first-order chi connectivity index (χ1) is 12.5. The van der Waals surface area contributed by atoms with Gasteiger partial charge in [0.25, 0.3) is 5.69 Å². The van der Waals surface area contributed by atoms with Gasteiger partial charge in [-0.25, -0.2) is 16.8 Å². The molecule has 27 heavy (non-hydrogen) atoms. The van der Waals surface area contributed by atoms with Gasteiger partial charge in [0.05, 0.1) is 19.1 Å². The molecule has 1 aliphatic heterocycles. The van der Waals surface area contributed by atoms with Gasteiger partial charge in [-0.05, 0) is 5.56 Å². The zero-order valence-electron chi connectivity index (χ0n) is 14.1. The highest BCUT2D eigenvalue weighted by atomic mass is 32.3. The van der Waals surface area contributed by atoms with Gasteiger partial charge in [-0.3, -0.25) is 19.7 Å². The van der Waals surface area contributed by atoms with Gasteiger partial charge in [-0.1, -0.05) is 12.1 Å². The van der Waals surface area contributed by atoms with Crippen LogP contribution in [0.1, 0.15) is 11.5 Å². The highest BCUT2D eigenvalue weighted by Crippen LogP contribution is 2.40. The largest absolute Gasteiger partial charge is 0.468 e. The molecule has 1 fully saturated rings. The van der Waals surface area contributed by atoms with Crippen molar-refractivity contribution >= 4 is 37.3 Å². The summed E-state index contributed by atoms with van der Waals surface area (Å²) in [6, 6.07) is 4.38. The highest BCUT2D eigenvalue weighted by Gasteiger charge is 2.58. The number of carbonyl (C=O) groups is 2. The van der Waals surface area contributed by atoms with E-state index >= 15 is 0 Å². The van der Waals surface area contributed by atoms with Crippen LogP contribution in [-0.4, -0.2) is 63.5 Å². The number of nitro groups is 1. The molecule has 148 valence electrons. The second-order valence-corrected chi connectivity index (χ2v) is 10.3. The number of rotatable bonds is 4. The molecule has 13 heteroatoms. The lowest BCUT2D eigenvalue weighted by Gasteiger charge is -2.34. The number of ether oxygens (including phenoxy) is 2. The third kappa shape index (κ3) is 3.78. The van der Waals surface area contributed by atoms with Crippen LogP contribution in [0.4, 0.5) is 5.69 Å². The smallest absolute Gasteiger partial charge is 0.324 e. The van der Waals surface area contributed by atoms with Crippen molar-refractivity contribution < 1.29 is 40.8 Å². The minimum Gasteiger partial charge on any atom is -0.468 e. The molecular formula is C14H15NO10S2. The van der Waals surface area contributed by atoms with E-state index < -0.39 is 63.7 Å². The van der Waals surface area contributed by atoms with E-state index in [0.29, 0.717) is 0 Å². The van der Waals surface area contributed by atoms with Crippen molar-refractivity contribution in [3.8, 4) is 0 Å². The fraction of sp³-hybridized carbons (Fsp3) is 0.429. The molecule has 0 aromatic heterocycles. The normalized spacial score (nSPS) is 25.9. The first-order valence-corrected chi connectivity index (χ1v) is 10.7. The van der Waals surface area contributed by atoms with Gasteiger partial charge in [0.1, 0.15) is 0 Å². The molecule has 0 radical (unpaired) electrons. The molecule has 0 amide bonds. The summed E-state index contributed by atoms with van der Waals surface area (Å²) >= 11 is 0. The number of benzene rings is 1. The Morgan fingerprint density at radius 1 is 1.04 bits per heavy atom. The number of hydrogen-bond acceptors (Lipinski definition) is 10. The van der Waals surface area contributed by atoms with Gasteiger partial charge in [0, 0.05) is 18.1 Å². The summed E-state index contributed by atoms with van der Waals surface area (Å²) in [6.45, 7) is 0. The molecule has 0 unspecified atom stereocenters. The van der Waals surface area contributed by atoms with E-state index in [1.807, 2.05) is 0 Å². The second kappa shape index (κ2) is 7.23. The number of nitro benzene ring substituents is 1. The Labute approximate surface area is 154 Å². The van der Waals surface area contributed by atoms with Gasteiger partial charge >= 0.3 is 11.9 Å². The van der Waals surface area contributed by atoms with Crippen molar-refractivity contribution in [1.29, 1.82) is 0 Å². The molecule has 2 rings (SSSR count). The van der Waals surface area contributed by atoms with Crippen molar-refractivity contribution in [3.63, 3.8) is 0 Å². The van der Waals surface area contributed by atoms with E-state index in [0.717, 1.165) is 26.4 Å². The molecule has 0 bridgehead atoms. The Bertz CT molecular complexity index is 946. The molecule has 0 saturated carbocycles. The summed E-state index contributed by atoms with van der Waals surface area (Å²) in [7, 11) is -7.37. The van der Waals surface area contributed by atoms with Crippen LogP contribution in [0.15, 0.2) is 24.3 Å². The van der Waals surface area contributed by atoms with Gasteiger partial charge < -0.3 is 9.47 Å². The third-order valence-electron chi connectivity index (χ3n) is 4.09. The van der Waals surface area contributed by atoms with E-state index in [9.17, 15) is 36.5 Å². The molecule has 2 atom stereocenters. The Balaban J connectivity index is 2.83. The molecule has 1 aromatic carbocycles. The summed E-state index contributed by atoms with van der Waals surface area (Å²) < 4.78 is 58.9. The first kappa shape index (κ1) is 20.8. The number of carbonyl (C=O) groups excluding carboxylic acids is 2. The third-order valence-corrected chi connectivity index (χ3v) is 9.23. The van der Waals surface area contributed by atoms with Crippen LogP contribution in [0, 0.1) is 10.1 Å². The highest BCUT2D eigenvalue weighted by molar-refractivity contribution is 8.10. The SMILES string of the molecule is COC(=O)[C@@H]1C(c2cccc([N+](=O)[O-])c2)[C@@H](C(=O)OC)S(=O)(=O)CS1(=O)=O.